The van der Waals surface area contributed by atoms with Gasteiger partial charge in [-0.2, -0.15) is 4.98 Å². The van der Waals surface area contributed by atoms with Crippen LogP contribution in [0.1, 0.15) is 29.0 Å². The van der Waals surface area contributed by atoms with Gasteiger partial charge in [0.05, 0.1) is 14.2 Å². The van der Waals surface area contributed by atoms with Gasteiger partial charge in [0.2, 0.25) is 5.75 Å². The highest BCUT2D eigenvalue weighted by Gasteiger charge is 2.15. The summed E-state index contributed by atoms with van der Waals surface area (Å²) in [5, 5.41) is 3.78. The van der Waals surface area contributed by atoms with E-state index in [4.69, 9.17) is 18.7 Å². The van der Waals surface area contributed by atoms with Crippen molar-refractivity contribution in [2.24, 2.45) is 0 Å². The number of hydrogen-bond donors (Lipinski definition) is 0. The summed E-state index contributed by atoms with van der Waals surface area (Å²) in [7, 11) is 2.97. The van der Waals surface area contributed by atoms with Gasteiger partial charge in [-0.15, -0.1) is 0 Å². The maximum Gasteiger partial charge on any atom is 0.264 e. The van der Waals surface area contributed by atoms with E-state index < -0.39 is 0 Å². The van der Waals surface area contributed by atoms with E-state index in [1.54, 1.807) is 12.1 Å². The van der Waals surface area contributed by atoms with Crippen molar-refractivity contribution >= 4 is 6.29 Å². The molecule has 0 aliphatic carbocycles. The van der Waals surface area contributed by atoms with Crippen molar-refractivity contribution in [3.05, 3.63) is 29.4 Å². The average molecular weight is 292 g/mol. The predicted molar refractivity (Wildman–Crippen MR) is 72.9 cm³/mol. The van der Waals surface area contributed by atoms with E-state index in [0.29, 0.717) is 47.2 Å². The van der Waals surface area contributed by atoms with Crippen LogP contribution in [0, 0.1) is 0 Å². The zero-order valence-electron chi connectivity index (χ0n) is 12.1. The number of rotatable bonds is 7. The lowest BCUT2D eigenvalue weighted by molar-refractivity contribution is 0.112. The highest BCUT2D eigenvalue weighted by Crippen LogP contribution is 2.38. The maximum atomic E-state index is 10.9. The van der Waals surface area contributed by atoms with Crippen molar-refractivity contribution in [2.75, 3.05) is 14.2 Å². The molecule has 0 fully saturated rings. The highest BCUT2D eigenvalue weighted by molar-refractivity contribution is 5.78. The molecule has 2 aromatic rings. The predicted octanol–water partition coefficient (Wildman–Crippen LogP) is 2.04. The normalized spacial score (nSPS) is 10.2. The summed E-state index contributed by atoms with van der Waals surface area (Å²) < 4.78 is 21.1. The Kier molecular flexibility index (Phi) is 4.76. The summed E-state index contributed by atoms with van der Waals surface area (Å²) >= 11 is 0. The molecule has 0 saturated carbocycles. The fraction of sp³-hybridized carbons (Fsp3) is 0.357. The van der Waals surface area contributed by atoms with Crippen LogP contribution in [0.3, 0.4) is 0 Å². The van der Waals surface area contributed by atoms with Crippen molar-refractivity contribution in [1.82, 2.24) is 10.1 Å². The van der Waals surface area contributed by atoms with Crippen LogP contribution < -0.4 is 14.2 Å². The first-order chi connectivity index (χ1) is 10.2. The number of benzene rings is 1. The first-order valence-corrected chi connectivity index (χ1v) is 6.37. The first-order valence-electron chi connectivity index (χ1n) is 6.37. The van der Waals surface area contributed by atoms with E-state index in [-0.39, 0.29) is 6.61 Å². The Morgan fingerprint density at radius 3 is 2.38 bits per heavy atom. The molecule has 0 spiro atoms. The lowest BCUT2D eigenvalue weighted by Gasteiger charge is -2.13. The molecule has 0 aliphatic rings. The van der Waals surface area contributed by atoms with Crippen LogP contribution in [0.5, 0.6) is 17.2 Å². The second-order valence-electron chi connectivity index (χ2n) is 4.12. The van der Waals surface area contributed by atoms with Gasteiger partial charge in [-0.25, -0.2) is 0 Å². The van der Waals surface area contributed by atoms with Crippen LogP contribution in [0.25, 0.3) is 0 Å². The molecule has 1 aromatic carbocycles. The Labute approximate surface area is 121 Å². The molecule has 0 atom stereocenters. The van der Waals surface area contributed by atoms with Crippen molar-refractivity contribution in [1.29, 1.82) is 0 Å². The standard InChI is InChI=1S/C14H16N2O5/c1-4-12-15-13(21-16-12)8-20-14-10(18-2)5-9(7-17)6-11(14)19-3/h5-7H,4,8H2,1-3H3. The topological polar surface area (TPSA) is 83.7 Å². The van der Waals surface area contributed by atoms with E-state index in [0.717, 1.165) is 0 Å². The van der Waals surface area contributed by atoms with Crippen LogP contribution in [0.15, 0.2) is 16.7 Å². The van der Waals surface area contributed by atoms with Gasteiger partial charge in [-0.1, -0.05) is 12.1 Å². The van der Waals surface area contributed by atoms with Crippen LogP contribution in [0.2, 0.25) is 0 Å². The molecule has 0 N–H and O–H groups in total. The van der Waals surface area contributed by atoms with Crippen molar-refractivity contribution in [3.8, 4) is 17.2 Å². The smallest absolute Gasteiger partial charge is 0.264 e. The first kappa shape index (κ1) is 14.8. The van der Waals surface area contributed by atoms with Gasteiger partial charge in [0.15, 0.2) is 23.9 Å². The van der Waals surface area contributed by atoms with Crippen molar-refractivity contribution < 1.29 is 23.5 Å². The summed E-state index contributed by atoms with van der Waals surface area (Å²) in [4.78, 5) is 15.0. The number of aldehydes is 1. The molecule has 7 heteroatoms. The van der Waals surface area contributed by atoms with Gasteiger partial charge < -0.3 is 18.7 Å². The SMILES string of the molecule is CCc1noc(COc2c(OC)cc(C=O)cc2OC)n1. The molecule has 0 amide bonds. The molecular weight excluding hydrogens is 276 g/mol. The summed E-state index contributed by atoms with van der Waals surface area (Å²) in [6, 6.07) is 3.13. The number of aromatic nitrogens is 2. The summed E-state index contributed by atoms with van der Waals surface area (Å²) in [5.41, 5.74) is 0.433. The third-order valence-electron chi connectivity index (χ3n) is 2.79. The Morgan fingerprint density at radius 2 is 1.90 bits per heavy atom. The molecule has 112 valence electrons. The van der Waals surface area contributed by atoms with Crippen LogP contribution in [-0.2, 0) is 13.0 Å². The summed E-state index contributed by atoms with van der Waals surface area (Å²) in [6.45, 7) is 2.01. The fourth-order valence-electron chi connectivity index (χ4n) is 1.74. The second kappa shape index (κ2) is 6.74. The number of ether oxygens (including phenoxy) is 3. The molecule has 21 heavy (non-hydrogen) atoms. The number of methoxy groups -OCH3 is 2. The molecule has 0 radical (unpaired) electrons. The Balaban J connectivity index is 2.23. The molecular formula is C14H16N2O5. The Bertz CT molecular complexity index is 599. The van der Waals surface area contributed by atoms with E-state index in [1.807, 2.05) is 6.92 Å². The fourth-order valence-corrected chi connectivity index (χ4v) is 1.74. The van der Waals surface area contributed by atoms with Gasteiger partial charge in [0, 0.05) is 12.0 Å². The third-order valence-corrected chi connectivity index (χ3v) is 2.79. The van der Waals surface area contributed by atoms with Gasteiger partial charge >= 0.3 is 0 Å². The molecule has 0 bridgehead atoms. The lowest BCUT2D eigenvalue weighted by atomic mass is 10.2. The van der Waals surface area contributed by atoms with Crippen LogP contribution >= 0.6 is 0 Å². The van der Waals surface area contributed by atoms with Crippen molar-refractivity contribution in [3.63, 3.8) is 0 Å². The maximum absolute atomic E-state index is 10.9. The molecule has 0 unspecified atom stereocenters. The molecule has 0 saturated heterocycles. The zero-order chi connectivity index (χ0) is 15.2. The molecule has 2 rings (SSSR count). The molecule has 1 aromatic heterocycles. The minimum absolute atomic E-state index is 0.0835. The average Bonchev–Trinajstić information content (AvgIpc) is 2.99. The number of hydrogen-bond acceptors (Lipinski definition) is 7. The van der Waals surface area contributed by atoms with Gasteiger partial charge in [-0.3, -0.25) is 4.79 Å². The Morgan fingerprint density at radius 1 is 1.24 bits per heavy atom. The highest BCUT2D eigenvalue weighted by atomic mass is 16.5. The summed E-state index contributed by atoms with van der Waals surface area (Å²) in [5.74, 6) is 2.14. The largest absolute Gasteiger partial charge is 0.493 e. The molecule has 0 aliphatic heterocycles. The van der Waals surface area contributed by atoms with Crippen LogP contribution in [-0.4, -0.2) is 30.6 Å². The quantitative estimate of drug-likeness (QED) is 0.722. The minimum atomic E-state index is 0.0835. The van der Waals surface area contributed by atoms with E-state index in [1.165, 1.54) is 14.2 Å². The summed E-state index contributed by atoms with van der Waals surface area (Å²) in [6.07, 6.45) is 1.39. The number of carbonyl (C=O) groups is 1. The van der Waals surface area contributed by atoms with Gasteiger partial charge in [0.25, 0.3) is 5.89 Å². The minimum Gasteiger partial charge on any atom is -0.493 e. The van der Waals surface area contributed by atoms with E-state index in [9.17, 15) is 4.79 Å². The number of nitrogens with zero attached hydrogens (tertiary/aromatic N) is 2. The van der Waals surface area contributed by atoms with Crippen LogP contribution in [0.4, 0.5) is 0 Å². The van der Waals surface area contributed by atoms with Gasteiger partial charge in [-0.05, 0) is 12.1 Å². The Hall–Kier alpha value is -2.57. The number of carbonyl (C=O) groups excluding carboxylic acids is 1. The number of aryl methyl sites for hydroxylation is 1. The third kappa shape index (κ3) is 3.31. The second-order valence-corrected chi connectivity index (χ2v) is 4.12. The molecule has 1 heterocycles. The van der Waals surface area contributed by atoms with E-state index in [2.05, 4.69) is 10.1 Å². The monoisotopic (exact) mass is 292 g/mol. The zero-order valence-corrected chi connectivity index (χ0v) is 12.1. The van der Waals surface area contributed by atoms with Gasteiger partial charge in [0.1, 0.15) is 6.29 Å². The lowest BCUT2D eigenvalue weighted by Crippen LogP contribution is -2.01. The van der Waals surface area contributed by atoms with Crippen molar-refractivity contribution in [2.45, 2.75) is 20.0 Å². The van der Waals surface area contributed by atoms with E-state index >= 15 is 0 Å². The molecule has 7 nitrogen and oxygen atoms in total.